The van der Waals surface area contributed by atoms with Gasteiger partial charge in [-0.3, -0.25) is 0 Å². The van der Waals surface area contributed by atoms with E-state index in [0.29, 0.717) is 11.3 Å². The Hall–Kier alpha value is -1.85. The first-order valence-electron chi connectivity index (χ1n) is 8.20. The van der Waals surface area contributed by atoms with Crippen LogP contribution in [-0.2, 0) is 16.4 Å². The molecule has 128 valence electrons. The Balaban J connectivity index is 1.91. The summed E-state index contributed by atoms with van der Waals surface area (Å²) >= 11 is 0. The molecule has 1 aliphatic rings. The normalized spacial score (nSPS) is 19.4. The predicted octanol–water partition coefficient (Wildman–Crippen LogP) is 3.83. The Kier molecular flexibility index (Phi) is 4.40. The van der Waals surface area contributed by atoms with Gasteiger partial charge in [-0.15, -0.1) is 0 Å². The fourth-order valence-corrected chi connectivity index (χ4v) is 4.28. The maximum Gasteiger partial charge on any atom is 0.241 e. The fourth-order valence-electron chi connectivity index (χ4n) is 3.07. The van der Waals surface area contributed by atoms with Crippen LogP contribution in [0.1, 0.15) is 44.4 Å². The van der Waals surface area contributed by atoms with Gasteiger partial charge in [0.1, 0.15) is 11.4 Å². The number of benzene rings is 2. The highest BCUT2D eigenvalue weighted by Gasteiger charge is 2.35. The van der Waals surface area contributed by atoms with Gasteiger partial charge < -0.3 is 4.74 Å². The van der Waals surface area contributed by atoms with Crippen molar-refractivity contribution < 1.29 is 13.2 Å². The van der Waals surface area contributed by atoms with Crippen LogP contribution >= 0.6 is 0 Å². The number of hydrogen-bond donors (Lipinski definition) is 1. The molecule has 2 aromatic carbocycles. The third kappa shape index (κ3) is 3.47. The average molecular weight is 345 g/mol. The van der Waals surface area contributed by atoms with Gasteiger partial charge in [0, 0.05) is 12.0 Å². The summed E-state index contributed by atoms with van der Waals surface area (Å²) in [5, 5.41) is 0. The first-order chi connectivity index (χ1) is 11.3. The molecule has 0 fully saturated rings. The summed E-state index contributed by atoms with van der Waals surface area (Å²) in [7, 11) is -3.58. The van der Waals surface area contributed by atoms with Gasteiger partial charge in [-0.05, 0) is 44.0 Å². The van der Waals surface area contributed by atoms with E-state index >= 15 is 0 Å². The van der Waals surface area contributed by atoms with Crippen LogP contribution in [0.5, 0.6) is 5.75 Å². The minimum Gasteiger partial charge on any atom is -0.487 e. The second-order valence-electron chi connectivity index (χ2n) is 6.78. The van der Waals surface area contributed by atoms with E-state index in [9.17, 15) is 8.42 Å². The molecule has 1 heterocycles. The van der Waals surface area contributed by atoms with Crippen molar-refractivity contribution >= 4 is 10.0 Å². The van der Waals surface area contributed by atoms with Crippen molar-refractivity contribution in [2.45, 2.75) is 50.2 Å². The molecule has 3 rings (SSSR count). The molecule has 1 unspecified atom stereocenters. The fraction of sp³-hybridized carbons (Fsp3) is 0.368. The van der Waals surface area contributed by atoms with Crippen LogP contribution in [0.3, 0.4) is 0 Å². The topological polar surface area (TPSA) is 55.4 Å². The molecule has 0 aromatic heterocycles. The largest absolute Gasteiger partial charge is 0.487 e. The molecular weight excluding hydrogens is 322 g/mol. The van der Waals surface area contributed by atoms with Gasteiger partial charge in [0.05, 0.1) is 10.9 Å². The molecule has 0 bridgehead atoms. The number of sulfonamides is 1. The monoisotopic (exact) mass is 345 g/mol. The summed E-state index contributed by atoms with van der Waals surface area (Å²) in [6.45, 7) is 5.99. The van der Waals surface area contributed by atoms with Gasteiger partial charge in [0.2, 0.25) is 10.0 Å². The van der Waals surface area contributed by atoms with Crippen LogP contribution < -0.4 is 9.46 Å². The van der Waals surface area contributed by atoms with Gasteiger partial charge in [-0.25, -0.2) is 13.1 Å². The van der Waals surface area contributed by atoms with Crippen LogP contribution in [0.2, 0.25) is 0 Å². The van der Waals surface area contributed by atoms with Crippen molar-refractivity contribution in [2.75, 3.05) is 0 Å². The summed E-state index contributed by atoms with van der Waals surface area (Å²) in [6.07, 6.45) is 1.46. The minimum atomic E-state index is -3.58. The van der Waals surface area contributed by atoms with Crippen molar-refractivity contribution in [3.63, 3.8) is 0 Å². The molecular formula is C19H23NO3S. The molecule has 0 amide bonds. The van der Waals surface area contributed by atoms with Gasteiger partial charge in [-0.2, -0.15) is 0 Å². The highest BCUT2D eigenvalue weighted by Crippen LogP contribution is 2.39. The maximum atomic E-state index is 12.8. The molecule has 4 nitrogen and oxygen atoms in total. The number of nitrogens with one attached hydrogen (secondary N) is 1. The van der Waals surface area contributed by atoms with Crippen molar-refractivity contribution in [1.29, 1.82) is 0 Å². The maximum absolute atomic E-state index is 12.8. The van der Waals surface area contributed by atoms with Gasteiger partial charge >= 0.3 is 0 Å². The van der Waals surface area contributed by atoms with E-state index < -0.39 is 15.6 Å². The van der Waals surface area contributed by atoms with Crippen molar-refractivity contribution in [3.05, 3.63) is 59.7 Å². The van der Waals surface area contributed by atoms with E-state index in [1.165, 1.54) is 0 Å². The van der Waals surface area contributed by atoms with Gasteiger partial charge in [0.15, 0.2) is 0 Å². The van der Waals surface area contributed by atoms with Crippen LogP contribution in [0.25, 0.3) is 0 Å². The Morgan fingerprint density at radius 2 is 1.79 bits per heavy atom. The number of rotatable bonds is 4. The Morgan fingerprint density at radius 1 is 1.12 bits per heavy atom. The summed E-state index contributed by atoms with van der Waals surface area (Å²) in [5.74, 6) is 0.739. The van der Waals surface area contributed by atoms with Crippen molar-refractivity contribution in [2.24, 2.45) is 0 Å². The Labute approximate surface area is 143 Å². The molecule has 0 spiro atoms. The highest BCUT2D eigenvalue weighted by atomic mass is 32.2. The third-order valence-corrected chi connectivity index (χ3v) is 5.80. The molecule has 5 heteroatoms. The zero-order valence-electron chi connectivity index (χ0n) is 14.2. The van der Waals surface area contributed by atoms with Gasteiger partial charge in [-0.1, -0.05) is 37.3 Å². The van der Waals surface area contributed by atoms with E-state index in [-0.39, 0.29) is 6.04 Å². The van der Waals surface area contributed by atoms with E-state index in [1.54, 1.807) is 12.1 Å². The molecule has 0 radical (unpaired) electrons. The third-order valence-electron chi connectivity index (χ3n) is 4.32. The number of aryl methyl sites for hydroxylation is 1. The number of ether oxygens (including phenoxy) is 1. The standard InChI is InChI=1S/C19H23NO3S/c1-4-14-9-11-15(12-10-14)24(21,22)20-17-13-19(2,3)23-18-8-6-5-7-16(17)18/h5-12,17,20H,4,13H2,1-3H3. The molecule has 2 aromatic rings. The summed E-state index contributed by atoms with van der Waals surface area (Å²) < 4.78 is 34.4. The number of fused-ring (bicyclic) bond motifs is 1. The summed E-state index contributed by atoms with van der Waals surface area (Å²) in [5.41, 5.74) is 1.57. The molecule has 0 saturated heterocycles. The van der Waals surface area contributed by atoms with E-state index in [4.69, 9.17) is 4.74 Å². The lowest BCUT2D eigenvalue weighted by molar-refractivity contribution is 0.0702. The summed E-state index contributed by atoms with van der Waals surface area (Å²) in [4.78, 5) is 0.293. The van der Waals surface area contributed by atoms with Crippen LogP contribution in [-0.4, -0.2) is 14.0 Å². The minimum absolute atomic E-state index is 0.293. The first kappa shape index (κ1) is 17.0. The van der Waals surface area contributed by atoms with E-state index in [0.717, 1.165) is 23.3 Å². The average Bonchev–Trinajstić information content (AvgIpc) is 2.53. The highest BCUT2D eigenvalue weighted by molar-refractivity contribution is 7.89. The first-order valence-corrected chi connectivity index (χ1v) is 9.68. The predicted molar refractivity (Wildman–Crippen MR) is 94.6 cm³/mol. The lowest BCUT2D eigenvalue weighted by atomic mass is 9.90. The number of para-hydroxylation sites is 1. The molecule has 0 aliphatic carbocycles. The second-order valence-corrected chi connectivity index (χ2v) is 8.49. The van der Waals surface area contributed by atoms with Crippen LogP contribution in [0.15, 0.2) is 53.4 Å². The molecule has 1 aliphatic heterocycles. The quantitative estimate of drug-likeness (QED) is 0.916. The van der Waals surface area contributed by atoms with Gasteiger partial charge in [0.25, 0.3) is 0 Å². The van der Waals surface area contributed by atoms with Crippen LogP contribution in [0, 0.1) is 0 Å². The van der Waals surface area contributed by atoms with Crippen molar-refractivity contribution in [3.8, 4) is 5.75 Å². The summed E-state index contributed by atoms with van der Waals surface area (Å²) in [6, 6.07) is 14.3. The van der Waals surface area contributed by atoms with Crippen molar-refractivity contribution in [1.82, 2.24) is 4.72 Å². The number of hydrogen-bond acceptors (Lipinski definition) is 3. The lowest BCUT2D eigenvalue weighted by Gasteiger charge is -2.37. The molecule has 1 atom stereocenters. The second kappa shape index (κ2) is 6.22. The molecule has 0 saturated carbocycles. The van der Waals surface area contributed by atoms with E-state index in [1.807, 2.05) is 57.2 Å². The smallest absolute Gasteiger partial charge is 0.241 e. The van der Waals surface area contributed by atoms with E-state index in [2.05, 4.69) is 4.72 Å². The Morgan fingerprint density at radius 3 is 2.46 bits per heavy atom. The van der Waals surface area contributed by atoms with Crippen LogP contribution in [0.4, 0.5) is 0 Å². The lowest BCUT2D eigenvalue weighted by Crippen LogP contribution is -2.41. The zero-order chi connectivity index (χ0) is 17.4. The Bertz CT molecular complexity index is 826. The zero-order valence-corrected chi connectivity index (χ0v) is 15.1. The SMILES string of the molecule is CCc1ccc(S(=O)(=O)NC2CC(C)(C)Oc3ccccc32)cc1. The molecule has 1 N–H and O–H groups in total. The molecule has 24 heavy (non-hydrogen) atoms.